The van der Waals surface area contributed by atoms with Crippen molar-refractivity contribution in [1.29, 1.82) is 0 Å². The molecule has 1 unspecified atom stereocenters. The van der Waals surface area contributed by atoms with Gasteiger partial charge in [0.05, 0.1) is 72.0 Å². The van der Waals surface area contributed by atoms with Crippen LogP contribution in [0.4, 0.5) is 13.6 Å². The molecule has 4 heterocycles. The van der Waals surface area contributed by atoms with Crippen LogP contribution in [0.3, 0.4) is 0 Å². The van der Waals surface area contributed by atoms with Crippen molar-refractivity contribution in [3.8, 4) is 22.6 Å². The molecule has 1 aromatic carbocycles. The number of aliphatic hydroxyl groups is 1. The van der Waals surface area contributed by atoms with E-state index < -0.39 is 35.5 Å². The summed E-state index contributed by atoms with van der Waals surface area (Å²) >= 11 is 0. The Balaban J connectivity index is 1.61. The minimum Gasteiger partial charge on any atom is -0.444 e. The maximum absolute atomic E-state index is 16.3. The number of hydrogen-bond acceptors (Lipinski definition) is 8. The summed E-state index contributed by atoms with van der Waals surface area (Å²) in [6.07, 6.45) is 0.305. The molecule has 0 fully saturated rings. The molecule has 2 aliphatic rings. The topological polar surface area (TPSA) is 117 Å². The molecule has 1 aliphatic carbocycles. The fourth-order valence-corrected chi connectivity index (χ4v) is 7.15. The fraction of sp³-hybridized carbons (Fsp3) is 0.487. The smallest absolute Gasteiger partial charge is 0.410 e. The molecule has 0 spiro atoms. The molecule has 4 aromatic rings. The first-order valence-corrected chi connectivity index (χ1v) is 17.7. The zero-order valence-electron chi connectivity index (χ0n) is 31.4. The van der Waals surface area contributed by atoms with Crippen LogP contribution >= 0.6 is 0 Å². The van der Waals surface area contributed by atoms with Gasteiger partial charge in [-0.2, -0.15) is 5.10 Å². The van der Waals surface area contributed by atoms with Gasteiger partial charge in [-0.05, 0) is 90.6 Å². The molecule has 278 valence electrons. The quantitative estimate of drug-likeness (QED) is 0.137. The number of allylic oxidation sites excluding steroid dienone is 3. The third kappa shape index (κ3) is 7.13. The summed E-state index contributed by atoms with van der Waals surface area (Å²) in [4.78, 5) is 25.0. The van der Waals surface area contributed by atoms with E-state index in [0.29, 0.717) is 47.6 Å². The lowest BCUT2D eigenvalue weighted by molar-refractivity contribution is 0.00864. The minimum atomic E-state index is -0.957. The number of aromatic nitrogens is 5. The second-order valence-electron chi connectivity index (χ2n) is 14.7. The van der Waals surface area contributed by atoms with E-state index in [4.69, 9.17) is 29.3 Å². The third-order valence-corrected chi connectivity index (χ3v) is 9.72. The average molecular weight is 719 g/mol. The number of carbonyl (C=O) groups excluding carboxylic acids is 1. The van der Waals surface area contributed by atoms with Crippen LogP contribution < -0.4 is 0 Å². The van der Waals surface area contributed by atoms with E-state index in [1.54, 1.807) is 4.90 Å². The van der Waals surface area contributed by atoms with Crippen molar-refractivity contribution in [2.45, 2.75) is 85.1 Å². The highest BCUT2D eigenvalue weighted by Crippen LogP contribution is 2.47. The number of ether oxygens (including phenoxy) is 3. The van der Waals surface area contributed by atoms with Crippen LogP contribution in [0.15, 0.2) is 42.0 Å². The second-order valence-corrected chi connectivity index (χ2v) is 14.7. The van der Waals surface area contributed by atoms with Crippen molar-refractivity contribution in [3.63, 3.8) is 0 Å². The van der Waals surface area contributed by atoms with E-state index in [-0.39, 0.29) is 31.4 Å². The summed E-state index contributed by atoms with van der Waals surface area (Å²) < 4.78 is 51.3. The number of nitrogens with zero attached hydrogens (tertiary/aromatic N) is 6. The molecule has 1 amide bonds. The number of imidazole rings is 1. The van der Waals surface area contributed by atoms with Gasteiger partial charge in [0.25, 0.3) is 0 Å². The molecule has 0 saturated carbocycles. The molecule has 1 N–H and O–H groups in total. The highest BCUT2D eigenvalue weighted by Gasteiger charge is 2.38. The molecule has 0 radical (unpaired) electrons. The van der Waals surface area contributed by atoms with Crippen LogP contribution in [0, 0.1) is 6.92 Å². The summed E-state index contributed by atoms with van der Waals surface area (Å²) in [5, 5.41) is 16.7. The number of hydrogen-bond donors (Lipinski definition) is 1. The molecule has 6 rings (SSSR count). The van der Waals surface area contributed by atoms with Crippen molar-refractivity contribution in [2.24, 2.45) is 7.05 Å². The Kier molecular flexibility index (Phi) is 10.4. The number of methoxy groups -OCH3 is 1. The fourth-order valence-electron chi connectivity index (χ4n) is 7.15. The normalized spacial score (nSPS) is 19.6. The second kappa shape index (κ2) is 14.5. The van der Waals surface area contributed by atoms with Gasteiger partial charge in [-0.3, -0.25) is 9.58 Å². The number of amides is 1. The number of aryl methyl sites for hydroxylation is 2. The summed E-state index contributed by atoms with van der Waals surface area (Å²) in [7, 11) is 3.50. The van der Waals surface area contributed by atoms with Crippen LogP contribution in [-0.4, -0.2) is 79.5 Å². The Labute approximate surface area is 302 Å². The highest BCUT2D eigenvalue weighted by atomic mass is 19.1. The van der Waals surface area contributed by atoms with Gasteiger partial charge >= 0.3 is 6.09 Å². The van der Waals surface area contributed by atoms with Crippen LogP contribution in [-0.2, 0) is 27.7 Å². The molecule has 0 saturated heterocycles. The van der Waals surface area contributed by atoms with Gasteiger partial charge in [-0.25, -0.2) is 23.5 Å². The van der Waals surface area contributed by atoms with E-state index >= 15 is 4.39 Å². The lowest BCUT2D eigenvalue weighted by atomic mass is 9.90. The number of carbonyl (C=O) groups is 1. The van der Waals surface area contributed by atoms with Crippen molar-refractivity contribution < 1.29 is 32.9 Å². The van der Waals surface area contributed by atoms with Crippen LogP contribution in [0.1, 0.15) is 94.4 Å². The zero-order chi connectivity index (χ0) is 37.6. The Hall–Kier alpha value is -4.46. The molecule has 11 nitrogen and oxygen atoms in total. The SMILES string of the molecule is COCCOCC(=C(F)/C=C(\C)F)c1c(-c2cc3n(n2)[C@@H](C)CN(C(=O)OC(C)(C)C)[C@@H]3C)nc(-c2ccc3c(c2)nc(C)n3C)c2c1C(O)CC2. The molecule has 1 aliphatic heterocycles. The summed E-state index contributed by atoms with van der Waals surface area (Å²) in [6.45, 7) is 13.0. The molecule has 3 atom stereocenters. The molecule has 13 heteroatoms. The summed E-state index contributed by atoms with van der Waals surface area (Å²) in [5.74, 6) is -0.711. The average Bonchev–Trinajstić information content (AvgIpc) is 3.77. The van der Waals surface area contributed by atoms with Gasteiger partial charge < -0.3 is 23.9 Å². The molecule has 0 bridgehead atoms. The van der Waals surface area contributed by atoms with Gasteiger partial charge in [-0.1, -0.05) is 6.07 Å². The number of pyridine rings is 1. The van der Waals surface area contributed by atoms with Crippen LogP contribution in [0.2, 0.25) is 0 Å². The lowest BCUT2D eigenvalue weighted by Crippen LogP contribution is -2.45. The standard InChI is InChI=1S/C39H48F2N6O5/c1-21(40)16-28(41)27(20-51-15-14-50-9)35-34-26(11-13-33(34)48)36(25-10-12-31-29(17-25)42-24(4)45(31)8)43-37(35)30-18-32-23(3)46(19-22(2)47(32)44-30)38(49)52-39(5,6)7/h10,12,16-18,22-23,33,48H,11,13-15,19-20H2,1-9H3/b21-16+,28-27?/t22-,23+,33?/m0/s1. The maximum atomic E-state index is 16.3. The molecular formula is C39H48F2N6O5. The van der Waals surface area contributed by atoms with Gasteiger partial charge in [-0.15, -0.1) is 0 Å². The Morgan fingerprint density at radius 1 is 1.12 bits per heavy atom. The molecular weight excluding hydrogens is 670 g/mol. The van der Waals surface area contributed by atoms with Gasteiger partial charge in [0.15, 0.2) is 0 Å². The van der Waals surface area contributed by atoms with E-state index in [0.717, 1.165) is 39.8 Å². The largest absolute Gasteiger partial charge is 0.444 e. The number of fused-ring (bicyclic) bond motifs is 3. The predicted molar refractivity (Wildman–Crippen MR) is 195 cm³/mol. The number of rotatable bonds is 9. The number of halogens is 2. The molecule has 52 heavy (non-hydrogen) atoms. The van der Waals surface area contributed by atoms with Gasteiger partial charge in [0.2, 0.25) is 0 Å². The molecule has 3 aromatic heterocycles. The van der Waals surface area contributed by atoms with Crippen molar-refractivity contribution in [2.75, 3.05) is 33.5 Å². The van der Waals surface area contributed by atoms with Crippen LogP contribution in [0.5, 0.6) is 0 Å². The first-order chi connectivity index (χ1) is 24.6. The van der Waals surface area contributed by atoms with E-state index in [2.05, 4.69) is 0 Å². The van der Waals surface area contributed by atoms with Gasteiger partial charge in [0.1, 0.15) is 22.9 Å². The first kappa shape index (κ1) is 37.3. The Morgan fingerprint density at radius 2 is 1.87 bits per heavy atom. The van der Waals surface area contributed by atoms with Crippen LogP contribution in [0.25, 0.3) is 39.3 Å². The zero-order valence-corrected chi connectivity index (χ0v) is 31.4. The Bertz CT molecular complexity index is 2070. The lowest BCUT2D eigenvalue weighted by Gasteiger charge is -2.38. The maximum Gasteiger partial charge on any atom is 0.410 e. The summed E-state index contributed by atoms with van der Waals surface area (Å²) in [6, 6.07) is 7.15. The highest BCUT2D eigenvalue weighted by molar-refractivity contribution is 5.88. The monoisotopic (exact) mass is 718 g/mol. The first-order valence-electron chi connectivity index (χ1n) is 17.7. The van der Waals surface area contributed by atoms with Gasteiger partial charge in [0, 0.05) is 43.5 Å². The van der Waals surface area contributed by atoms with Crippen molar-refractivity contribution in [1.82, 2.24) is 29.2 Å². The summed E-state index contributed by atoms with van der Waals surface area (Å²) in [5.41, 5.74) is 5.56. The Morgan fingerprint density at radius 3 is 2.56 bits per heavy atom. The van der Waals surface area contributed by atoms with E-state index in [9.17, 15) is 14.3 Å². The minimum absolute atomic E-state index is 0.0395. The van der Waals surface area contributed by atoms with E-state index in [1.807, 2.05) is 82.1 Å². The predicted octanol–water partition coefficient (Wildman–Crippen LogP) is 7.88. The number of benzene rings is 1. The van der Waals surface area contributed by atoms with E-state index in [1.165, 1.54) is 14.0 Å². The third-order valence-electron chi connectivity index (χ3n) is 9.72. The van der Waals surface area contributed by atoms with Crippen molar-refractivity contribution in [3.05, 3.63) is 70.2 Å². The number of aliphatic hydroxyl groups excluding tert-OH is 1. The van der Waals surface area contributed by atoms with Crippen molar-refractivity contribution >= 4 is 22.7 Å².